The van der Waals surface area contributed by atoms with Crippen molar-refractivity contribution in [3.05, 3.63) is 70.4 Å². The summed E-state index contributed by atoms with van der Waals surface area (Å²) < 4.78 is 27.7. The molecule has 1 saturated heterocycles. The summed E-state index contributed by atoms with van der Waals surface area (Å²) in [4.78, 5) is 12.9. The first-order chi connectivity index (χ1) is 14.9. The highest BCUT2D eigenvalue weighted by Crippen LogP contribution is 2.43. The number of benzene rings is 1. The van der Waals surface area contributed by atoms with Crippen LogP contribution in [0, 0.1) is 5.82 Å². The molecule has 1 aromatic carbocycles. The summed E-state index contributed by atoms with van der Waals surface area (Å²) >= 11 is 4.52. The lowest BCUT2D eigenvalue weighted by molar-refractivity contribution is -0.117. The number of allylic oxidation sites excluding steroid dienone is 2. The van der Waals surface area contributed by atoms with Crippen molar-refractivity contribution in [2.45, 2.75) is 44.9 Å². The van der Waals surface area contributed by atoms with E-state index in [0.717, 1.165) is 16.7 Å². The first-order valence-electron chi connectivity index (χ1n) is 10.4. The molecule has 3 aliphatic heterocycles. The number of carbonyl (C=O) groups excluding carboxylic acids is 1. The van der Waals surface area contributed by atoms with Crippen LogP contribution in [-0.2, 0) is 14.1 Å². The third-order valence-corrected chi connectivity index (χ3v) is 6.68. The van der Waals surface area contributed by atoms with Crippen LogP contribution in [-0.4, -0.2) is 47.6 Å². The van der Waals surface area contributed by atoms with Crippen LogP contribution in [0.3, 0.4) is 0 Å². The number of hydrogen-bond acceptors (Lipinski definition) is 7. The Morgan fingerprint density at radius 1 is 1.22 bits per heavy atom. The Morgan fingerprint density at radius 2 is 1.81 bits per heavy atom. The fourth-order valence-electron chi connectivity index (χ4n) is 3.93. The van der Waals surface area contributed by atoms with Crippen LogP contribution in [0.5, 0.6) is 0 Å². The third kappa shape index (κ3) is 3.75. The van der Waals surface area contributed by atoms with Crippen LogP contribution in [0.25, 0.3) is 0 Å². The van der Waals surface area contributed by atoms with Gasteiger partial charge < -0.3 is 18.9 Å². The van der Waals surface area contributed by atoms with Gasteiger partial charge in [0.1, 0.15) is 5.82 Å². The van der Waals surface area contributed by atoms with Crippen LogP contribution >= 0.6 is 12.8 Å². The number of nitrogens with one attached hydrogen (secondary N) is 2. The van der Waals surface area contributed by atoms with Gasteiger partial charge in [-0.05, 0) is 51.5 Å². The third-order valence-electron chi connectivity index (χ3n) is 6.46. The van der Waals surface area contributed by atoms with E-state index in [2.05, 4.69) is 23.6 Å². The summed E-state index contributed by atoms with van der Waals surface area (Å²) in [6, 6.07) is 5.65. The lowest BCUT2D eigenvalue weighted by Gasteiger charge is -2.32. The second-order valence-electron chi connectivity index (χ2n) is 9.09. The van der Waals surface area contributed by atoms with Gasteiger partial charge >= 0.3 is 7.12 Å². The van der Waals surface area contributed by atoms with Gasteiger partial charge in [-0.2, -0.15) is 0 Å². The number of likely N-dealkylation sites (N-methyl/N-ethyl adjacent to an activating group) is 2. The molecule has 3 aliphatic rings. The first-order valence-corrected chi connectivity index (χ1v) is 10.8. The van der Waals surface area contributed by atoms with Gasteiger partial charge in [-0.3, -0.25) is 9.80 Å². The van der Waals surface area contributed by atoms with Crippen LogP contribution in [0.2, 0.25) is 0 Å². The van der Waals surface area contributed by atoms with E-state index in [-0.39, 0.29) is 11.7 Å². The molecule has 1 fully saturated rings. The molecule has 1 atom stereocenters. The van der Waals surface area contributed by atoms with E-state index in [4.69, 9.17) is 9.31 Å². The molecule has 0 spiro atoms. The Balaban J connectivity index is 1.82. The van der Waals surface area contributed by atoms with Crippen molar-refractivity contribution >= 4 is 25.8 Å². The van der Waals surface area contributed by atoms with Crippen molar-refractivity contribution < 1.29 is 18.5 Å². The Bertz CT molecular complexity index is 1020. The fourth-order valence-corrected chi connectivity index (χ4v) is 4.10. The SMILES string of the molecule is CNC(=O)C1=C2C=C(B3OC(C)(C)C(C)(C)O3)C(N(C)S)=CN2NC1c1ccc(F)cc1. The Labute approximate surface area is 194 Å². The summed E-state index contributed by atoms with van der Waals surface area (Å²) in [5, 5.41) is 4.51. The number of hydrazine groups is 1. The van der Waals surface area contributed by atoms with E-state index in [9.17, 15) is 9.18 Å². The first kappa shape index (κ1) is 22.9. The van der Waals surface area contributed by atoms with Crippen molar-refractivity contribution in [1.82, 2.24) is 20.1 Å². The van der Waals surface area contributed by atoms with Crippen LogP contribution in [0.4, 0.5) is 4.39 Å². The molecule has 10 heteroatoms. The zero-order valence-electron chi connectivity index (χ0n) is 19.1. The molecule has 0 aliphatic carbocycles. The van der Waals surface area contributed by atoms with E-state index >= 15 is 0 Å². The Hall–Kier alpha value is -2.27. The topological polar surface area (TPSA) is 66.1 Å². The molecule has 1 amide bonds. The van der Waals surface area contributed by atoms with Crippen molar-refractivity contribution in [1.29, 1.82) is 0 Å². The number of amides is 1. The van der Waals surface area contributed by atoms with Crippen molar-refractivity contribution in [3.8, 4) is 0 Å². The quantitative estimate of drug-likeness (QED) is 0.477. The maximum atomic E-state index is 13.5. The lowest BCUT2D eigenvalue weighted by Crippen LogP contribution is -2.41. The number of carbonyl (C=O) groups is 1. The van der Waals surface area contributed by atoms with Gasteiger partial charge in [0, 0.05) is 25.8 Å². The number of halogens is 1. The molecule has 0 saturated carbocycles. The monoisotopic (exact) mass is 458 g/mol. The standard InChI is InChI=1S/C22H28BFN4O3S/c1-21(2)22(3,4)31-23(30-21)15-11-16-18(20(29)25-5)19(13-7-9-14(24)10-8-13)26-28(16)12-17(15)27(6)32/h7-12,19,26,32H,1-6H3,(H,25,29). The maximum Gasteiger partial charge on any atom is 0.497 e. The van der Waals surface area contributed by atoms with Gasteiger partial charge in [0.05, 0.1) is 34.2 Å². The fraction of sp³-hybridized carbons (Fsp3) is 0.409. The highest BCUT2D eigenvalue weighted by atomic mass is 32.1. The largest absolute Gasteiger partial charge is 0.497 e. The van der Waals surface area contributed by atoms with E-state index in [1.165, 1.54) is 12.1 Å². The smallest absolute Gasteiger partial charge is 0.399 e. The molecule has 0 bridgehead atoms. The zero-order valence-corrected chi connectivity index (χ0v) is 20.0. The van der Waals surface area contributed by atoms with Crippen molar-refractivity contribution in [2.75, 3.05) is 14.1 Å². The van der Waals surface area contributed by atoms with Crippen LogP contribution < -0.4 is 10.7 Å². The van der Waals surface area contributed by atoms with Gasteiger partial charge in [0.2, 0.25) is 0 Å². The minimum absolute atomic E-state index is 0.232. The molecule has 1 unspecified atom stereocenters. The normalized spacial score (nSPS) is 23.7. The maximum absolute atomic E-state index is 13.5. The molecular weight excluding hydrogens is 430 g/mol. The summed E-state index contributed by atoms with van der Waals surface area (Å²) in [6.45, 7) is 7.97. The Kier molecular flexibility index (Phi) is 5.69. The number of hydrogen-bond donors (Lipinski definition) is 3. The predicted molar refractivity (Wildman–Crippen MR) is 124 cm³/mol. The number of rotatable bonds is 4. The van der Waals surface area contributed by atoms with E-state index in [0.29, 0.717) is 11.3 Å². The van der Waals surface area contributed by atoms with Gasteiger partial charge in [-0.25, -0.2) is 9.82 Å². The summed E-state index contributed by atoms with van der Waals surface area (Å²) in [5.74, 6) is -0.564. The van der Waals surface area contributed by atoms with Gasteiger partial charge in [-0.15, -0.1) is 0 Å². The van der Waals surface area contributed by atoms with Gasteiger partial charge in [0.15, 0.2) is 0 Å². The summed E-state index contributed by atoms with van der Waals surface area (Å²) in [6.07, 6.45) is 3.75. The molecule has 0 aromatic heterocycles. The highest BCUT2D eigenvalue weighted by molar-refractivity contribution is 7.77. The summed E-state index contributed by atoms with van der Waals surface area (Å²) in [5.41, 5.74) is 5.78. The van der Waals surface area contributed by atoms with Crippen LogP contribution in [0.1, 0.15) is 39.3 Å². The number of fused-ring (bicyclic) bond motifs is 1. The minimum Gasteiger partial charge on any atom is -0.399 e. The molecule has 4 rings (SSSR count). The van der Waals surface area contributed by atoms with Crippen molar-refractivity contribution in [2.24, 2.45) is 0 Å². The Morgan fingerprint density at radius 3 is 2.34 bits per heavy atom. The predicted octanol–water partition coefficient (Wildman–Crippen LogP) is 2.88. The van der Waals surface area contributed by atoms with E-state index in [1.807, 2.05) is 47.0 Å². The molecule has 3 heterocycles. The average Bonchev–Trinajstić information content (AvgIpc) is 3.20. The second kappa shape index (κ2) is 7.95. The van der Waals surface area contributed by atoms with E-state index in [1.54, 1.807) is 28.5 Å². The van der Waals surface area contributed by atoms with E-state index < -0.39 is 24.4 Å². The number of thiol groups is 1. The zero-order chi connectivity index (χ0) is 23.4. The van der Waals surface area contributed by atoms with Crippen molar-refractivity contribution in [3.63, 3.8) is 0 Å². The molecule has 2 N–H and O–H groups in total. The minimum atomic E-state index is -0.633. The molecule has 7 nitrogen and oxygen atoms in total. The van der Waals surface area contributed by atoms with Gasteiger partial charge in [-0.1, -0.05) is 24.9 Å². The molecule has 32 heavy (non-hydrogen) atoms. The number of nitrogens with zero attached hydrogens (tertiary/aromatic N) is 2. The molecule has 0 radical (unpaired) electrons. The van der Waals surface area contributed by atoms with Gasteiger partial charge in [0.25, 0.3) is 5.91 Å². The lowest BCUT2D eigenvalue weighted by atomic mass is 9.74. The molecule has 1 aromatic rings. The second-order valence-corrected chi connectivity index (χ2v) is 9.69. The molecule has 170 valence electrons. The summed E-state index contributed by atoms with van der Waals surface area (Å²) in [7, 11) is 2.77. The van der Waals surface area contributed by atoms with Crippen LogP contribution in [0.15, 0.2) is 59.0 Å². The highest BCUT2D eigenvalue weighted by Gasteiger charge is 2.54. The molecular formula is C22H28BFN4O3S. The average molecular weight is 458 g/mol.